The Labute approximate surface area is 88.4 Å². The molecule has 0 amide bonds. The lowest BCUT2D eigenvalue weighted by Crippen LogP contribution is -2.26. The molecule has 4 nitrogen and oxygen atoms in total. The molecule has 0 atom stereocenters. The molecule has 6 heteroatoms. The second kappa shape index (κ2) is 4.29. The van der Waals surface area contributed by atoms with Crippen molar-refractivity contribution in [2.75, 3.05) is 19.3 Å². The predicted octanol–water partition coefficient (Wildman–Crippen LogP) is 1.36. The van der Waals surface area contributed by atoms with Gasteiger partial charge in [0.2, 0.25) is 0 Å². The van der Waals surface area contributed by atoms with Crippen LogP contribution in [0.25, 0.3) is 0 Å². The first kappa shape index (κ1) is 11.5. The van der Waals surface area contributed by atoms with Crippen LogP contribution in [0.15, 0.2) is 15.7 Å². The molecule has 0 saturated heterocycles. The fourth-order valence-electron chi connectivity index (χ4n) is 1.05. The number of nitrogens with zero attached hydrogens (tertiary/aromatic N) is 1. The third kappa shape index (κ3) is 2.26. The molecule has 0 fully saturated rings. The molecule has 2 N–H and O–H groups in total. The van der Waals surface area contributed by atoms with E-state index < -0.39 is 10.0 Å². The zero-order chi connectivity index (χ0) is 10.8. The van der Waals surface area contributed by atoms with Crippen molar-refractivity contribution < 1.29 is 8.42 Å². The van der Waals surface area contributed by atoms with Gasteiger partial charge in [-0.2, -0.15) is 0 Å². The van der Waals surface area contributed by atoms with Gasteiger partial charge < -0.3 is 5.73 Å². The summed E-state index contributed by atoms with van der Waals surface area (Å²) in [7, 11) is -1.73. The Hall–Kier alpha value is -0.590. The van der Waals surface area contributed by atoms with Crippen LogP contribution in [0, 0.1) is 0 Å². The lowest BCUT2D eigenvalue weighted by atomic mass is 10.5. The van der Waals surface area contributed by atoms with E-state index in [1.807, 2.05) is 6.92 Å². The van der Waals surface area contributed by atoms with Gasteiger partial charge in [-0.1, -0.05) is 6.92 Å². The molecule has 0 unspecified atom stereocenters. The van der Waals surface area contributed by atoms with Crippen molar-refractivity contribution in [1.29, 1.82) is 0 Å². The summed E-state index contributed by atoms with van der Waals surface area (Å²) in [4.78, 5) is 0. The molecule has 1 rings (SSSR count). The van der Waals surface area contributed by atoms with E-state index in [9.17, 15) is 8.42 Å². The van der Waals surface area contributed by atoms with Gasteiger partial charge in [0.15, 0.2) is 0 Å². The number of hydrogen-bond acceptors (Lipinski definition) is 4. The van der Waals surface area contributed by atoms with Crippen LogP contribution in [0.2, 0.25) is 0 Å². The fourth-order valence-corrected chi connectivity index (χ4v) is 3.61. The molecule has 0 bridgehead atoms. The van der Waals surface area contributed by atoms with E-state index in [0.29, 0.717) is 16.4 Å². The van der Waals surface area contributed by atoms with Gasteiger partial charge in [-0.15, -0.1) is 11.3 Å². The third-order valence-corrected chi connectivity index (χ3v) is 5.09. The van der Waals surface area contributed by atoms with Crippen LogP contribution in [0.4, 0.5) is 5.69 Å². The van der Waals surface area contributed by atoms with Gasteiger partial charge in [0.1, 0.15) is 4.21 Å². The maximum atomic E-state index is 11.8. The highest BCUT2D eigenvalue weighted by molar-refractivity contribution is 7.91. The molecule has 0 aliphatic carbocycles. The van der Waals surface area contributed by atoms with Crippen molar-refractivity contribution in [3.63, 3.8) is 0 Å². The first-order valence-corrected chi connectivity index (χ1v) is 6.60. The number of thiophene rings is 1. The smallest absolute Gasteiger partial charge is 0.252 e. The monoisotopic (exact) mass is 234 g/mol. The van der Waals surface area contributed by atoms with Crippen molar-refractivity contribution in [2.24, 2.45) is 0 Å². The minimum absolute atomic E-state index is 0.311. The lowest BCUT2D eigenvalue weighted by Gasteiger charge is -2.14. The van der Waals surface area contributed by atoms with Crippen molar-refractivity contribution in [3.05, 3.63) is 11.4 Å². The first-order valence-electron chi connectivity index (χ1n) is 4.29. The Kier molecular flexibility index (Phi) is 3.52. The fraction of sp³-hybridized carbons (Fsp3) is 0.500. The van der Waals surface area contributed by atoms with Crippen LogP contribution in [-0.4, -0.2) is 26.3 Å². The normalized spacial score (nSPS) is 12.2. The summed E-state index contributed by atoms with van der Waals surface area (Å²) < 4.78 is 25.3. The molecular formula is C8H14N2O2S2. The molecular weight excluding hydrogens is 220 g/mol. The van der Waals surface area contributed by atoms with E-state index in [1.54, 1.807) is 12.4 Å². The maximum absolute atomic E-state index is 11.8. The summed E-state index contributed by atoms with van der Waals surface area (Å²) in [6, 6.07) is 1.49. The predicted molar refractivity (Wildman–Crippen MR) is 58.8 cm³/mol. The van der Waals surface area contributed by atoms with E-state index in [1.165, 1.54) is 10.4 Å². The third-order valence-electron chi connectivity index (χ3n) is 1.80. The maximum Gasteiger partial charge on any atom is 0.252 e. The van der Waals surface area contributed by atoms with Gasteiger partial charge >= 0.3 is 0 Å². The molecule has 1 aromatic rings. The highest BCUT2D eigenvalue weighted by Gasteiger charge is 2.21. The molecule has 0 saturated carbocycles. The summed E-state index contributed by atoms with van der Waals surface area (Å²) in [6.07, 6.45) is 0.802. The number of nitrogens with two attached hydrogens (primary N) is 1. The van der Waals surface area contributed by atoms with Crippen molar-refractivity contribution in [1.82, 2.24) is 4.31 Å². The number of sulfonamides is 1. The molecule has 1 heterocycles. The lowest BCUT2D eigenvalue weighted by molar-refractivity contribution is 0.470. The average molecular weight is 234 g/mol. The SMILES string of the molecule is CCCN(C)S(=O)(=O)c1cc(N)cs1. The van der Waals surface area contributed by atoms with E-state index in [4.69, 9.17) is 5.73 Å². The Morgan fingerprint density at radius 3 is 2.64 bits per heavy atom. The summed E-state index contributed by atoms with van der Waals surface area (Å²) >= 11 is 1.16. The van der Waals surface area contributed by atoms with Gasteiger partial charge in [0, 0.05) is 24.7 Å². The Morgan fingerprint density at radius 2 is 2.21 bits per heavy atom. The van der Waals surface area contributed by atoms with Crippen LogP contribution in [0.1, 0.15) is 13.3 Å². The van der Waals surface area contributed by atoms with Crippen LogP contribution in [0.5, 0.6) is 0 Å². The van der Waals surface area contributed by atoms with Gasteiger partial charge in [-0.25, -0.2) is 12.7 Å². The average Bonchev–Trinajstić information content (AvgIpc) is 2.52. The van der Waals surface area contributed by atoms with Gasteiger partial charge in [-0.05, 0) is 12.5 Å². The Bertz CT molecular complexity index is 397. The summed E-state index contributed by atoms with van der Waals surface area (Å²) in [6.45, 7) is 2.47. The summed E-state index contributed by atoms with van der Waals surface area (Å²) in [5.41, 5.74) is 5.98. The van der Waals surface area contributed by atoms with Crippen molar-refractivity contribution >= 4 is 27.0 Å². The number of hydrogen-bond donors (Lipinski definition) is 1. The minimum Gasteiger partial charge on any atom is -0.398 e. The zero-order valence-electron chi connectivity index (χ0n) is 8.23. The Balaban J connectivity index is 2.96. The van der Waals surface area contributed by atoms with Crippen LogP contribution in [-0.2, 0) is 10.0 Å². The highest BCUT2D eigenvalue weighted by Crippen LogP contribution is 2.24. The van der Waals surface area contributed by atoms with Gasteiger partial charge in [-0.3, -0.25) is 0 Å². The highest BCUT2D eigenvalue weighted by atomic mass is 32.2. The summed E-state index contributed by atoms with van der Waals surface area (Å²) in [5, 5.41) is 1.63. The molecule has 0 spiro atoms. The van der Waals surface area contributed by atoms with E-state index >= 15 is 0 Å². The molecule has 0 radical (unpaired) electrons. The van der Waals surface area contributed by atoms with Crippen molar-refractivity contribution in [3.8, 4) is 0 Å². The summed E-state index contributed by atoms with van der Waals surface area (Å²) in [5.74, 6) is 0. The largest absolute Gasteiger partial charge is 0.398 e. The quantitative estimate of drug-likeness (QED) is 0.855. The molecule has 80 valence electrons. The molecule has 1 aromatic heterocycles. The van der Waals surface area contributed by atoms with Gasteiger partial charge in [0.25, 0.3) is 10.0 Å². The molecule has 0 aromatic carbocycles. The molecule has 0 aliphatic rings. The van der Waals surface area contributed by atoms with E-state index in [0.717, 1.165) is 17.8 Å². The van der Waals surface area contributed by atoms with Crippen LogP contribution < -0.4 is 5.73 Å². The number of anilines is 1. The minimum atomic E-state index is -3.31. The second-order valence-electron chi connectivity index (χ2n) is 3.03. The Morgan fingerprint density at radius 1 is 1.57 bits per heavy atom. The van der Waals surface area contributed by atoms with Gasteiger partial charge in [0.05, 0.1) is 0 Å². The zero-order valence-corrected chi connectivity index (χ0v) is 9.86. The number of rotatable bonds is 4. The van der Waals surface area contributed by atoms with E-state index in [-0.39, 0.29) is 0 Å². The van der Waals surface area contributed by atoms with E-state index in [2.05, 4.69) is 0 Å². The molecule has 14 heavy (non-hydrogen) atoms. The molecule has 0 aliphatic heterocycles. The van der Waals surface area contributed by atoms with Crippen molar-refractivity contribution in [2.45, 2.75) is 17.6 Å². The standard InChI is InChI=1S/C8H14N2O2S2/c1-3-4-10(2)14(11,12)8-5-7(9)6-13-8/h5-6H,3-4,9H2,1-2H3. The first-order chi connectivity index (χ1) is 6.48. The number of nitrogen functional groups attached to an aromatic ring is 1. The van der Waals surface area contributed by atoms with Crippen LogP contribution in [0.3, 0.4) is 0 Å². The second-order valence-corrected chi connectivity index (χ2v) is 6.21. The van der Waals surface area contributed by atoms with Crippen LogP contribution >= 0.6 is 11.3 Å². The topological polar surface area (TPSA) is 63.4 Å².